The number of nitro groups is 1. The van der Waals surface area contributed by atoms with Crippen LogP contribution in [0.2, 0.25) is 0 Å². The minimum Gasteiger partial charge on any atom is -0.487 e. The molecule has 1 aromatic rings. The average Bonchev–Trinajstić information content (AvgIpc) is 3.20. The third kappa shape index (κ3) is 4.50. The van der Waals surface area contributed by atoms with Gasteiger partial charge in [0.25, 0.3) is 0 Å². The number of carbonyl (C=O) groups is 2. The van der Waals surface area contributed by atoms with Gasteiger partial charge in [-0.3, -0.25) is 19.7 Å². The molecule has 1 aromatic carbocycles. The highest BCUT2D eigenvalue weighted by molar-refractivity contribution is 5.77. The smallest absolute Gasteiger partial charge is 0.310 e. The molecule has 202 valence electrons. The fourth-order valence-electron chi connectivity index (χ4n) is 8.80. The first kappa shape index (κ1) is 26.0. The molecular weight excluding hydrogens is 470 g/mol. The van der Waals surface area contributed by atoms with Crippen LogP contribution in [0.5, 0.6) is 5.75 Å². The summed E-state index contributed by atoms with van der Waals surface area (Å²) in [5, 5.41) is 14.5. The van der Waals surface area contributed by atoms with Crippen LogP contribution in [0.4, 0.5) is 5.69 Å². The maximum absolute atomic E-state index is 12.9. The number of amides is 2. The third-order valence-electron chi connectivity index (χ3n) is 10.8. The Morgan fingerprint density at radius 3 is 2.65 bits per heavy atom. The number of nitrogens with zero attached hydrogens (tertiary/aromatic N) is 2. The first-order chi connectivity index (χ1) is 17.6. The molecule has 2 amide bonds. The van der Waals surface area contributed by atoms with Gasteiger partial charge in [0.05, 0.1) is 11.5 Å². The molecule has 1 saturated heterocycles. The number of rotatable bonds is 7. The Bertz CT molecular complexity index is 1060. The van der Waals surface area contributed by atoms with Gasteiger partial charge in [-0.15, -0.1) is 0 Å². The van der Waals surface area contributed by atoms with Crippen LogP contribution in [-0.4, -0.2) is 47.4 Å². The van der Waals surface area contributed by atoms with E-state index < -0.39 is 4.92 Å². The van der Waals surface area contributed by atoms with Crippen molar-refractivity contribution in [2.75, 3.05) is 13.7 Å². The predicted molar refractivity (Wildman–Crippen MR) is 140 cm³/mol. The second-order valence-electron chi connectivity index (χ2n) is 12.4. The van der Waals surface area contributed by atoms with Crippen LogP contribution in [0, 0.1) is 38.7 Å². The van der Waals surface area contributed by atoms with Gasteiger partial charge in [0.1, 0.15) is 0 Å². The number of ether oxygens (including phenoxy) is 1. The number of hydrogen-bond donors (Lipinski definition) is 1. The fourth-order valence-corrected chi connectivity index (χ4v) is 8.80. The summed E-state index contributed by atoms with van der Waals surface area (Å²) in [6.07, 6.45) is 9.35. The van der Waals surface area contributed by atoms with Crippen LogP contribution in [0.15, 0.2) is 24.3 Å². The molecule has 1 unspecified atom stereocenters. The number of carbonyl (C=O) groups excluding carboxylic acids is 2. The number of likely N-dealkylation sites (tertiary alicyclic amines) is 1. The van der Waals surface area contributed by atoms with Gasteiger partial charge in [-0.05, 0) is 86.0 Å². The van der Waals surface area contributed by atoms with Crippen molar-refractivity contribution in [1.82, 2.24) is 10.2 Å². The molecule has 0 spiro atoms. The number of nitrogens with one attached hydrogen (secondary N) is 1. The molecule has 1 N–H and O–H groups in total. The second kappa shape index (κ2) is 9.91. The highest BCUT2D eigenvalue weighted by Gasteiger charge is 2.61. The molecule has 3 saturated carbocycles. The van der Waals surface area contributed by atoms with E-state index in [1.165, 1.54) is 25.3 Å². The summed E-state index contributed by atoms with van der Waals surface area (Å²) in [5.74, 6) is 2.56. The fraction of sp³-hybridized carbons (Fsp3) is 0.724. The number of para-hydroxylation sites is 2. The SMILES string of the molecule is CN1C(=O)CC[C@]2(C)[C@H]3CC[C@]4(C)C(NC(=O)CCCOc5ccccc5[N+](=O)[O-])CC[C@H]4[C@@H]3CC[C@@H]12. The predicted octanol–water partition coefficient (Wildman–Crippen LogP) is 5.10. The number of hydrogen-bond acceptors (Lipinski definition) is 5. The van der Waals surface area contributed by atoms with Crippen LogP contribution in [-0.2, 0) is 9.59 Å². The highest BCUT2D eigenvalue weighted by Crippen LogP contribution is 2.64. The first-order valence-electron chi connectivity index (χ1n) is 14.1. The summed E-state index contributed by atoms with van der Waals surface area (Å²) in [7, 11) is 2.00. The van der Waals surface area contributed by atoms with Crippen LogP contribution in [0.25, 0.3) is 0 Å². The molecule has 3 aliphatic carbocycles. The maximum Gasteiger partial charge on any atom is 0.310 e. The Hall–Kier alpha value is -2.64. The molecule has 0 aromatic heterocycles. The number of benzene rings is 1. The molecule has 8 nitrogen and oxygen atoms in total. The molecule has 0 radical (unpaired) electrons. The Morgan fingerprint density at radius 1 is 1.11 bits per heavy atom. The van der Waals surface area contributed by atoms with Crippen LogP contribution < -0.4 is 10.1 Å². The van der Waals surface area contributed by atoms with Gasteiger partial charge >= 0.3 is 5.69 Å². The minimum absolute atomic E-state index is 0.0447. The monoisotopic (exact) mass is 511 g/mol. The van der Waals surface area contributed by atoms with Crippen molar-refractivity contribution in [2.24, 2.45) is 28.6 Å². The van der Waals surface area contributed by atoms with E-state index in [4.69, 9.17) is 4.74 Å². The topological polar surface area (TPSA) is 102 Å². The lowest BCUT2D eigenvalue weighted by Crippen LogP contribution is -2.62. The van der Waals surface area contributed by atoms with E-state index in [1.54, 1.807) is 18.2 Å². The van der Waals surface area contributed by atoms with Crippen molar-refractivity contribution < 1.29 is 19.2 Å². The third-order valence-corrected chi connectivity index (χ3v) is 10.8. The van der Waals surface area contributed by atoms with E-state index in [1.807, 2.05) is 11.9 Å². The molecular formula is C29H41N3O5. The lowest BCUT2D eigenvalue weighted by molar-refractivity contribution is -0.385. The summed E-state index contributed by atoms with van der Waals surface area (Å²) >= 11 is 0. The Balaban J connectivity index is 1.16. The van der Waals surface area contributed by atoms with Crippen molar-refractivity contribution >= 4 is 17.5 Å². The molecule has 4 aliphatic rings. The lowest BCUT2D eigenvalue weighted by atomic mass is 9.47. The van der Waals surface area contributed by atoms with Gasteiger partial charge < -0.3 is 15.0 Å². The van der Waals surface area contributed by atoms with Crippen LogP contribution in [0.1, 0.15) is 78.1 Å². The van der Waals surface area contributed by atoms with Gasteiger partial charge in [-0.25, -0.2) is 0 Å². The first-order valence-corrected chi connectivity index (χ1v) is 14.1. The van der Waals surface area contributed by atoms with E-state index in [0.717, 1.165) is 25.7 Å². The van der Waals surface area contributed by atoms with E-state index >= 15 is 0 Å². The molecule has 7 atom stereocenters. The largest absolute Gasteiger partial charge is 0.487 e. The summed E-state index contributed by atoms with van der Waals surface area (Å²) in [6.45, 7) is 5.11. The van der Waals surface area contributed by atoms with Crippen molar-refractivity contribution in [1.29, 1.82) is 0 Å². The molecule has 5 rings (SSSR count). The number of piperidine rings is 1. The zero-order chi connectivity index (χ0) is 26.4. The molecule has 1 heterocycles. The maximum atomic E-state index is 12.9. The Labute approximate surface area is 219 Å². The molecule has 0 bridgehead atoms. The van der Waals surface area contributed by atoms with Gasteiger partial charge in [0.2, 0.25) is 11.8 Å². The average molecular weight is 512 g/mol. The Morgan fingerprint density at radius 2 is 1.86 bits per heavy atom. The number of nitro benzene ring substituents is 1. The van der Waals surface area contributed by atoms with Gasteiger partial charge in [0, 0.05) is 38.0 Å². The number of fused-ring (bicyclic) bond motifs is 5. The lowest BCUT2D eigenvalue weighted by Gasteiger charge is -2.61. The molecule has 8 heteroatoms. The summed E-state index contributed by atoms with van der Waals surface area (Å²) in [4.78, 5) is 38.0. The Kier molecular flexibility index (Phi) is 6.96. The molecule has 1 aliphatic heterocycles. The minimum atomic E-state index is -0.452. The van der Waals surface area contributed by atoms with Crippen LogP contribution >= 0.6 is 0 Å². The highest BCUT2D eigenvalue weighted by atomic mass is 16.6. The zero-order valence-electron chi connectivity index (χ0n) is 22.4. The van der Waals surface area contributed by atoms with E-state index in [0.29, 0.717) is 49.0 Å². The standard InChI is InChI=1S/C29H41N3O5/c1-28-16-14-21-19(10-13-25-29(21,2)17-15-27(34)31(25)3)20(28)11-12-24(28)30-26(33)9-6-18-37-23-8-5-4-7-22(23)32(35)36/h4-5,7-8,19-21,24-25H,6,9-18H2,1-3H3,(H,30,33)/t19-,20-,21-,24?,25+,28-,29+/m0/s1. The summed E-state index contributed by atoms with van der Waals surface area (Å²) in [5.41, 5.74) is 0.279. The van der Waals surface area contributed by atoms with Crippen molar-refractivity contribution in [3.05, 3.63) is 34.4 Å². The van der Waals surface area contributed by atoms with Crippen molar-refractivity contribution in [3.8, 4) is 5.75 Å². The second-order valence-corrected chi connectivity index (χ2v) is 12.4. The summed E-state index contributed by atoms with van der Waals surface area (Å²) in [6, 6.07) is 6.90. The van der Waals surface area contributed by atoms with Gasteiger partial charge in [-0.1, -0.05) is 26.0 Å². The van der Waals surface area contributed by atoms with Crippen molar-refractivity contribution in [2.45, 2.75) is 90.1 Å². The van der Waals surface area contributed by atoms with E-state index in [-0.39, 0.29) is 40.8 Å². The van der Waals surface area contributed by atoms with E-state index in [9.17, 15) is 19.7 Å². The van der Waals surface area contributed by atoms with Gasteiger partial charge in [0.15, 0.2) is 5.75 Å². The summed E-state index contributed by atoms with van der Waals surface area (Å²) < 4.78 is 5.60. The zero-order valence-corrected chi connectivity index (χ0v) is 22.4. The van der Waals surface area contributed by atoms with Crippen molar-refractivity contribution in [3.63, 3.8) is 0 Å². The molecule has 4 fully saturated rings. The quantitative estimate of drug-likeness (QED) is 0.312. The normalized spacial score (nSPS) is 36.8. The van der Waals surface area contributed by atoms with Gasteiger partial charge in [-0.2, -0.15) is 0 Å². The molecule has 37 heavy (non-hydrogen) atoms. The van der Waals surface area contributed by atoms with E-state index in [2.05, 4.69) is 19.2 Å². The van der Waals surface area contributed by atoms with Crippen LogP contribution in [0.3, 0.4) is 0 Å².